The maximum Gasteiger partial charge on any atom is 0.272 e. The molecule has 13 heteroatoms. The number of non-ortho nitro benzene ring substituents is 1. The number of halogens is 1. The molecule has 3 aromatic rings. The van der Waals surface area contributed by atoms with Crippen LogP contribution in [0.5, 0.6) is 11.6 Å². The average Bonchev–Trinajstić information content (AvgIpc) is 3.18. The number of hydrogen-bond acceptors (Lipinski definition) is 7. The molecule has 11 nitrogen and oxygen atoms in total. The molecule has 0 aliphatic rings. The highest BCUT2D eigenvalue weighted by Crippen LogP contribution is 2.36. The van der Waals surface area contributed by atoms with E-state index in [1.807, 2.05) is 6.92 Å². The van der Waals surface area contributed by atoms with Gasteiger partial charge in [0.25, 0.3) is 11.6 Å². The molecule has 0 spiro atoms. The lowest BCUT2D eigenvalue weighted by molar-refractivity contribution is -0.385. The van der Waals surface area contributed by atoms with E-state index in [1.165, 1.54) is 28.9 Å². The first-order chi connectivity index (χ1) is 17.5. The summed E-state index contributed by atoms with van der Waals surface area (Å²) in [6.07, 6.45) is 1.16. The van der Waals surface area contributed by atoms with Crippen LogP contribution in [0.25, 0.3) is 5.69 Å². The van der Waals surface area contributed by atoms with Crippen LogP contribution in [-0.2, 0) is 10.0 Å². The number of nitro groups is 1. The Hall–Kier alpha value is -3.84. The van der Waals surface area contributed by atoms with Crippen molar-refractivity contribution in [1.29, 1.82) is 0 Å². The van der Waals surface area contributed by atoms with Crippen LogP contribution in [0.4, 0.5) is 10.1 Å². The molecule has 0 fully saturated rings. The molecule has 2 N–H and O–H groups in total. The van der Waals surface area contributed by atoms with Crippen molar-refractivity contribution in [2.75, 3.05) is 6.54 Å². The van der Waals surface area contributed by atoms with Gasteiger partial charge < -0.3 is 10.1 Å². The fourth-order valence-electron chi connectivity index (χ4n) is 3.34. The Labute approximate surface area is 213 Å². The predicted molar refractivity (Wildman–Crippen MR) is 134 cm³/mol. The molecule has 0 saturated heterocycles. The first kappa shape index (κ1) is 27.7. The number of carbonyl (C=O) groups is 1. The molecule has 1 aromatic heterocycles. The summed E-state index contributed by atoms with van der Waals surface area (Å²) < 4.78 is 50.0. The maximum atomic E-state index is 14.0. The number of nitrogens with zero attached hydrogens (tertiary/aromatic N) is 3. The Morgan fingerprint density at radius 2 is 1.97 bits per heavy atom. The molecule has 3 rings (SSSR count). The number of carbonyl (C=O) groups excluding carboxylic acids is 1. The Balaban J connectivity index is 2.20. The van der Waals surface area contributed by atoms with Crippen LogP contribution in [-0.4, -0.2) is 41.6 Å². The van der Waals surface area contributed by atoms with Gasteiger partial charge in [-0.3, -0.25) is 14.9 Å². The van der Waals surface area contributed by atoms with Crippen molar-refractivity contribution in [2.45, 2.75) is 51.5 Å². The largest absolute Gasteiger partial charge is 0.437 e. The third kappa shape index (κ3) is 6.30. The second kappa shape index (κ2) is 11.5. The van der Waals surface area contributed by atoms with E-state index < -0.39 is 43.3 Å². The van der Waals surface area contributed by atoms with Crippen molar-refractivity contribution >= 4 is 21.6 Å². The summed E-state index contributed by atoms with van der Waals surface area (Å²) in [5.74, 6) is -1.34. The highest BCUT2D eigenvalue weighted by atomic mass is 32.2. The first-order valence-corrected chi connectivity index (χ1v) is 13.1. The van der Waals surface area contributed by atoms with Crippen LogP contribution in [0.15, 0.2) is 47.4 Å². The smallest absolute Gasteiger partial charge is 0.272 e. The van der Waals surface area contributed by atoms with Crippen molar-refractivity contribution in [3.63, 3.8) is 0 Å². The number of sulfonamides is 1. The summed E-state index contributed by atoms with van der Waals surface area (Å²) in [7, 11) is -4.25. The fraction of sp³-hybridized carbons (Fsp3) is 0.333. The summed E-state index contributed by atoms with van der Waals surface area (Å²) >= 11 is 0. The molecule has 0 aliphatic heterocycles. The molecule has 37 heavy (non-hydrogen) atoms. The molecule has 1 atom stereocenters. The fourth-order valence-corrected chi connectivity index (χ4v) is 4.82. The molecule has 0 unspecified atom stereocenters. The zero-order valence-corrected chi connectivity index (χ0v) is 21.6. The van der Waals surface area contributed by atoms with Gasteiger partial charge in [0.05, 0.1) is 10.6 Å². The summed E-state index contributed by atoms with van der Waals surface area (Å²) in [5, 5.41) is 18.4. The van der Waals surface area contributed by atoms with Crippen LogP contribution in [0.1, 0.15) is 49.7 Å². The highest BCUT2D eigenvalue weighted by molar-refractivity contribution is 7.89. The second-order valence-electron chi connectivity index (χ2n) is 8.35. The molecular formula is C24H28FN5O6S. The van der Waals surface area contributed by atoms with Gasteiger partial charge in [0.15, 0.2) is 5.69 Å². The number of nitro benzene ring substituents is 1. The standard InChI is InChI=1S/C24H28FN5O6S/c1-5-12-26-23(31)22-16(4)24(29(27-22)18-9-7-8-17(25)13-18)36-20-11-10-19(30(32)33)14-21(20)37(34,35)28-15(3)6-2/h7-11,13-15,28H,5-6,12H2,1-4H3,(H,26,31)/t15-/m1/s1. The Morgan fingerprint density at radius 3 is 2.59 bits per heavy atom. The quantitative estimate of drug-likeness (QED) is 0.277. The number of nitrogens with one attached hydrogen (secondary N) is 2. The predicted octanol–water partition coefficient (Wildman–Crippen LogP) is 4.24. The normalized spacial score (nSPS) is 12.2. The molecule has 0 aliphatic carbocycles. The summed E-state index contributed by atoms with van der Waals surface area (Å²) in [4.78, 5) is 22.9. The number of amides is 1. The van der Waals surface area contributed by atoms with Crippen molar-refractivity contribution < 1.29 is 27.3 Å². The van der Waals surface area contributed by atoms with Gasteiger partial charge in [-0.25, -0.2) is 17.5 Å². The Bertz CT molecular complexity index is 1420. The summed E-state index contributed by atoms with van der Waals surface area (Å²) in [6, 6.07) is 8.08. The summed E-state index contributed by atoms with van der Waals surface area (Å²) in [6.45, 7) is 7.27. The zero-order chi connectivity index (χ0) is 27.3. The van der Waals surface area contributed by atoms with E-state index in [1.54, 1.807) is 20.8 Å². The van der Waals surface area contributed by atoms with E-state index in [9.17, 15) is 27.7 Å². The number of hydrogen-bond donors (Lipinski definition) is 2. The van der Waals surface area contributed by atoms with Gasteiger partial charge in [0.1, 0.15) is 16.5 Å². The van der Waals surface area contributed by atoms with Gasteiger partial charge in [0.2, 0.25) is 15.9 Å². The maximum absolute atomic E-state index is 14.0. The number of ether oxygens (including phenoxy) is 1. The number of aromatic nitrogens is 2. The third-order valence-electron chi connectivity index (χ3n) is 5.47. The van der Waals surface area contributed by atoms with E-state index >= 15 is 0 Å². The molecular weight excluding hydrogens is 505 g/mol. The van der Waals surface area contributed by atoms with Crippen molar-refractivity contribution in [3.8, 4) is 17.3 Å². The summed E-state index contributed by atoms with van der Waals surface area (Å²) in [5.41, 5.74) is 0.0229. The second-order valence-corrected chi connectivity index (χ2v) is 10.0. The van der Waals surface area contributed by atoms with Crippen LogP contribution in [0.2, 0.25) is 0 Å². The SMILES string of the molecule is CCCNC(=O)c1nn(-c2cccc(F)c2)c(Oc2ccc([N+](=O)[O-])cc2S(=O)(=O)N[C@H](C)CC)c1C. The van der Waals surface area contributed by atoms with Crippen molar-refractivity contribution in [2.24, 2.45) is 0 Å². The lowest BCUT2D eigenvalue weighted by Crippen LogP contribution is -2.32. The molecule has 1 amide bonds. The van der Waals surface area contributed by atoms with Gasteiger partial charge in [0, 0.05) is 30.3 Å². The van der Waals surface area contributed by atoms with Gasteiger partial charge in [-0.05, 0) is 51.0 Å². The van der Waals surface area contributed by atoms with Gasteiger partial charge in [-0.15, -0.1) is 0 Å². The third-order valence-corrected chi connectivity index (χ3v) is 7.09. The van der Waals surface area contributed by atoms with Crippen molar-refractivity contribution in [1.82, 2.24) is 19.8 Å². The lowest BCUT2D eigenvalue weighted by atomic mass is 10.2. The topological polar surface area (TPSA) is 145 Å². The van der Waals surface area contributed by atoms with Crippen LogP contribution in [0.3, 0.4) is 0 Å². The van der Waals surface area contributed by atoms with Gasteiger partial charge in [-0.2, -0.15) is 9.78 Å². The zero-order valence-electron chi connectivity index (χ0n) is 20.8. The lowest BCUT2D eigenvalue weighted by Gasteiger charge is -2.16. The molecule has 198 valence electrons. The van der Waals surface area contributed by atoms with E-state index in [0.717, 1.165) is 18.2 Å². The van der Waals surface area contributed by atoms with Crippen molar-refractivity contribution in [3.05, 3.63) is 69.7 Å². The number of rotatable bonds is 11. The molecule has 0 saturated carbocycles. The molecule has 0 bridgehead atoms. The minimum atomic E-state index is -4.25. The Kier molecular flexibility index (Phi) is 8.61. The molecule has 2 aromatic carbocycles. The van der Waals surface area contributed by atoms with Crippen LogP contribution < -0.4 is 14.8 Å². The molecule has 1 heterocycles. The monoisotopic (exact) mass is 533 g/mol. The van der Waals surface area contributed by atoms with E-state index in [0.29, 0.717) is 19.4 Å². The van der Waals surface area contributed by atoms with Crippen LogP contribution in [0, 0.1) is 22.9 Å². The first-order valence-electron chi connectivity index (χ1n) is 11.6. The molecule has 0 radical (unpaired) electrons. The minimum Gasteiger partial charge on any atom is -0.437 e. The van der Waals surface area contributed by atoms with E-state index in [2.05, 4.69) is 15.1 Å². The van der Waals surface area contributed by atoms with E-state index in [4.69, 9.17) is 4.74 Å². The van der Waals surface area contributed by atoms with Gasteiger partial charge in [-0.1, -0.05) is 19.9 Å². The van der Waals surface area contributed by atoms with Gasteiger partial charge >= 0.3 is 0 Å². The Morgan fingerprint density at radius 1 is 1.24 bits per heavy atom. The highest BCUT2D eigenvalue weighted by Gasteiger charge is 2.28. The average molecular weight is 534 g/mol. The minimum absolute atomic E-state index is 0.00300. The van der Waals surface area contributed by atoms with Crippen LogP contribution >= 0.6 is 0 Å². The number of benzene rings is 2. The van der Waals surface area contributed by atoms with E-state index in [-0.39, 0.29) is 28.6 Å².